The van der Waals surface area contributed by atoms with Gasteiger partial charge >= 0.3 is 0 Å². The zero-order valence-electron chi connectivity index (χ0n) is 14.2. The normalized spacial score (nSPS) is 11.9. The summed E-state index contributed by atoms with van der Waals surface area (Å²) >= 11 is 0. The molecule has 3 heteroatoms. The van der Waals surface area contributed by atoms with E-state index in [-0.39, 0.29) is 23.6 Å². The maximum Gasteiger partial charge on any atom is 0.147 e. The topological polar surface area (TPSA) is 49.3 Å². The zero-order chi connectivity index (χ0) is 16.7. The van der Waals surface area contributed by atoms with Gasteiger partial charge < -0.3 is 10.4 Å². The van der Waals surface area contributed by atoms with Crippen LogP contribution in [0.5, 0.6) is 5.75 Å². The summed E-state index contributed by atoms with van der Waals surface area (Å²) in [6.45, 7) is 9.71. The molecule has 0 radical (unpaired) electrons. The maximum absolute atomic E-state index is 11.7. The summed E-state index contributed by atoms with van der Waals surface area (Å²) in [4.78, 5) is 11.7. The Labute approximate surface area is 133 Å². The van der Waals surface area contributed by atoms with E-state index >= 15 is 0 Å². The minimum Gasteiger partial charge on any atom is -0.508 e. The average molecular weight is 301 g/mol. The first kappa shape index (κ1) is 18.2. The van der Waals surface area contributed by atoms with E-state index in [4.69, 9.17) is 0 Å². The summed E-state index contributed by atoms with van der Waals surface area (Å²) in [5.74, 6) is 0.429. The molecule has 2 aromatic rings. The van der Waals surface area contributed by atoms with E-state index in [1.54, 1.807) is 19.1 Å². The molecule has 2 rings (SSSR count). The summed E-state index contributed by atoms with van der Waals surface area (Å²) < 4.78 is 0. The van der Waals surface area contributed by atoms with E-state index < -0.39 is 0 Å². The first-order chi connectivity index (χ1) is 10.5. The van der Waals surface area contributed by atoms with Crippen molar-refractivity contribution in [3.63, 3.8) is 0 Å². The highest BCUT2D eigenvalue weighted by Gasteiger charge is 2.15. The molecule has 0 spiro atoms. The lowest BCUT2D eigenvalue weighted by Crippen LogP contribution is -2.41. The zero-order valence-corrected chi connectivity index (χ0v) is 14.2. The van der Waals surface area contributed by atoms with Crippen LogP contribution in [0.2, 0.25) is 0 Å². The number of fused-ring (bicyclic) bond motifs is 1. The van der Waals surface area contributed by atoms with Gasteiger partial charge in [0.15, 0.2) is 0 Å². The number of hydrogen-bond donors (Lipinski definition) is 2. The minimum atomic E-state index is -0.149. The van der Waals surface area contributed by atoms with Crippen molar-refractivity contribution in [2.24, 2.45) is 0 Å². The molecule has 0 saturated carbocycles. The highest BCUT2D eigenvalue weighted by Crippen LogP contribution is 2.21. The number of carbonyl (C=O) groups is 1. The maximum atomic E-state index is 11.7. The van der Waals surface area contributed by atoms with Gasteiger partial charge in [-0.2, -0.15) is 0 Å². The van der Waals surface area contributed by atoms with Crippen LogP contribution < -0.4 is 5.32 Å². The first-order valence-corrected chi connectivity index (χ1v) is 7.94. The molecule has 1 unspecified atom stereocenters. The molecular weight excluding hydrogens is 274 g/mol. The summed E-state index contributed by atoms with van der Waals surface area (Å²) in [5.41, 5.74) is 1.12. The van der Waals surface area contributed by atoms with Crippen LogP contribution in [0, 0.1) is 0 Å². The summed E-state index contributed by atoms with van der Waals surface area (Å²) in [6.07, 6.45) is 0.685. The second kappa shape index (κ2) is 8.54. The highest BCUT2D eigenvalue weighted by molar-refractivity contribution is 5.85. The Hall–Kier alpha value is -1.87. The van der Waals surface area contributed by atoms with Crippen molar-refractivity contribution in [1.29, 1.82) is 0 Å². The summed E-state index contributed by atoms with van der Waals surface area (Å²) in [5, 5.41) is 14.8. The fourth-order valence-electron chi connectivity index (χ4n) is 2.37. The fraction of sp³-hybridized carbons (Fsp3) is 0.421. The largest absolute Gasteiger partial charge is 0.508 e. The number of hydrogen-bond acceptors (Lipinski definition) is 3. The van der Waals surface area contributed by atoms with Gasteiger partial charge in [0.1, 0.15) is 11.5 Å². The van der Waals surface area contributed by atoms with Gasteiger partial charge in [0, 0.05) is 6.04 Å². The quantitative estimate of drug-likeness (QED) is 0.875. The van der Waals surface area contributed by atoms with Crippen molar-refractivity contribution in [3.05, 3.63) is 42.0 Å². The summed E-state index contributed by atoms with van der Waals surface area (Å²) in [6, 6.07) is 11.5. The van der Waals surface area contributed by atoms with Crippen LogP contribution in [0.3, 0.4) is 0 Å². The lowest BCUT2D eigenvalue weighted by molar-refractivity contribution is -0.119. The Morgan fingerprint density at radius 1 is 1.09 bits per heavy atom. The molecule has 0 heterocycles. The van der Waals surface area contributed by atoms with Gasteiger partial charge in [0.2, 0.25) is 0 Å². The van der Waals surface area contributed by atoms with E-state index in [0.29, 0.717) is 6.42 Å². The Kier molecular flexibility index (Phi) is 7.06. The van der Waals surface area contributed by atoms with Crippen molar-refractivity contribution in [1.82, 2.24) is 5.32 Å². The number of Topliss-reactive ketones (excluding diaryl/α,β-unsaturated/α-hetero) is 1. The van der Waals surface area contributed by atoms with Gasteiger partial charge in [-0.15, -0.1) is 0 Å². The van der Waals surface area contributed by atoms with Crippen molar-refractivity contribution < 1.29 is 9.90 Å². The second-order valence-electron chi connectivity index (χ2n) is 5.55. The van der Waals surface area contributed by atoms with Crippen LogP contribution in [-0.4, -0.2) is 23.0 Å². The van der Waals surface area contributed by atoms with E-state index in [2.05, 4.69) is 11.4 Å². The van der Waals surface area contributed by atoms with Crippen molar-refractivity contribution in [2.45, 2.75) is 53.1 Å². The molecule has 0 fully saturated rings. The standard InChI is InChI=1S/C17H21NO2.C2H6/c1-11(2)18-17(12(3)19)9-13-4-5-15-10-16(20)7-6-14(15)8-13;1-2/h4-8,10-11,17-18,20H,9H2,1-3H3;1-2H3. The third kappa shape index (κ3) is 5.15. The molecule has 0 aliphatic rings. The molecule has 2 N–H and O–H groups in total. The number of rotatable bonds is 5. The molecule has 22 heavy (non-hydrogen) atoms. The van der Waals surface area contributed by atoms with Gasteiger partial charge in [-0.05, 0) is 41.8 Å². The molecule has 0 aliphatic heterocycles. The number of benzene rings is 2. The number of phenolic OH excluding ortho intramolecular Hbond substituents is 1. The molecule has 2 aromatic carbocycles. The smallest absolute Gasteiger partial charge is 0.147 e. The number of phenols is 1. The Morgan fingerprint density at radius 3 is 2.27 bits per heavy atom. The van der Waals surface area contributed by atoms with Crippen LogP contribution in [0.25, 0.3) is 10.8 Å². The molecule has 0 saturated heterocycles. The Balaban J connectivity index is 0.00000116. The van der Waals surface area contributed by atoms with E-state index in [9.17, 15) is 9.90 Å². The van der Waals surface area contributed by atoms with Crippen LogP contribution in [0.4, 0.5) is 0 Å². The predicted molar refractivity (Wildman–Crippen MR) is 93.4 cm³/mol. The van der Waals surface area contributed by atoms with Crippen LogP contribution in [0.1, 0.15) is 40.2 Å². The van der Waals surface area contributed by atoms with Gasteiger partial charge in [0.05, 0.1) is 6.04 Å². The second-order valence-corrected chi connectivity index (χ2v) is 5.55. The predicted octanol–water partition coefficient (Wildman–Crippen LogP) is 4.07. The molecule has 0 aliphatic carbocycles. The molecule has 1 atom stereocenters. The molecule has 0 amide bonds. The third-order valence-electron chi connectivity index (χ3n) is 3.35. The highest BCUT2D eigenvalue weighted by atomic mass is 16.3. The molecule has 0 bridgehead atoms. The van der Waals surface area contributed by atoms with Crippen LogP contribution in [-0.2, 0) is 11.2 Å². The fourth-order valence-corrected chi connectivity index (χ4v) is 2.37. The van der Waals surface area contributed by atoms with Crippen molar-refractivity contribution in [3.8, 4) is 5.75 Å². The monoisotopic (exact) mass is 301 g/mol. The van der Waals surface area contributed by atoms with E-state index in [1.807, 2.05) is 45.9 Å². The van der Waals surface area contributed by atoms with Crippen molar-refractivity contribution in [2.75, 3.05) is 0 Å². The lowest BCUT2D eigenvalue weighted by Gasteiger charge is -2.19. The number of ketones is 1. The van der Waals surface area contributed by atoms with Crippen LogP contribution in [0.15, 0.2) is 36.4 Å². The Bertz CT molecular complexity index is 620. The van der Waals surface area contributed by atoms with Gasteiger partial charge in [-0.1, -0.05) is 52.0 Å². The Morgan fingerprint density at radius 2 is 1.68 bits per heavy atom. The third-order valence-corrected chi connectivity index (χ3v) is 3.35. The van der Waals surface area contributed by atoms with Crippen LogP contribution >= 0.6 is 0 Å². The molecular formula is C19H27NO2. The number of nitrogens with one attached hydrogen (secondary N) is 1. The molecule has 3 nitrogen and oxygen atoms in total. The van der Waals surface area contributed by atoms with Gasteiger partial charge in [-0.3, -0.25) is 4.79 Å². The van der Waals surface area contributed by atoms with Gasteiger partial charge in [0.25, 0.3) is 0 Å². The average Bonchev–Trinajstić information content (AvgIpc) is 2.48. The van der Waals surface area contributed by atoms with E-state index in [0.717, 1.165) is 16.3 Å². The molecule has 120 valence electrons. The SMILES string of the molecule is CC.CC(=O)C(Cc1ccc2cc(O)ccc2c1)NC(C)C. The first-order valence-electron chi connectivity index (χ1n) is 7.94. The van der Waals surface area contributed by atoms with Gasteiger partial charge in [-0.25, -0.2) is 0 Å². The minimum absolute atomic E-state index is 0.149. The lowest BCUT2D eigenvalue weighted by atomic mass is 9.99. The summed E-state index contributed by atoms with van der Waals surface area (Å²) in [7, 11) is 0. The number of aromatic hydroxyl groups is 1. The molecule has 0 aromatic heterocycles. The van der Waals surface area contributed by atoms with Crippen molar-refractivity contribution >= 4 is 16.6 Å². The van der Waals surface area contributed by atoms with E-state index in [1.165, 1.54) is 0 Å². The number of carbonyl (C=O) groups excluding carboxylic acids is 1.